The van der Waals surface area contributed by atoms with Crippen LogP contribution in [0.2, 0.25) is 0 Å². The van der Waals surface area contributed by atoms with Crippen molar-refractivity contribution in [2.75, 3.05) is 20.1 Å². The number of carbonyl (C=O) groups is 1. The van der Waals surface area contributed by atoms with E-state index in [1.54, 1.807) is 0 Å². The largest absolute Gasteiger partial charge is 0.338 e. The van der Waals surface area contributed by atoms with Gasteiger partial charge in [-0.25, -0.2) is 0 Å². The highest BCUT2D eigenvalue weighted by atomic mass is 16.2. The SMILES string of the molecule is CC1CNCC1C(=O)N(C)C1CCc2ccccc21. The molecule has 3 nitrogen and oxygen atoms in total. The van der Waals surface area contributed by atoms with Gasteiger partial charge in [-0.1, -0.05) is 31.2 Å². The molecule has 1 heterocycles. The van der Waals surface area contributed by atoms with Crippen LogP contribution in [0, 0.1) is 11.8 Å². The first-order valence-electron chi connectivity index (χ1n) is 7.23. The Morgan fingerprint density at radius 3 is 2.84 bits per heavy atom. The molecule has 0 bridgehead atoms. The average Bonchev–Trinajstić information content (AvgIpc) is 3.03. The Bertz CT molecular complexity index is 485. The highest BCUT2D eigenvalue weighted by Gasteiger charge is 2.36. The maximum atomic E-state index is 12.6. The molecule has 2 aliphatic rings. The first-order chi connectivity index (χ1) is 9.18. The predicted octanol–water partition coefficient (Wildman–Crippen LogP) is 1.99. The molecule has 1 aliphatic carbocycles. The number of aryl methyl sites for hydroxylation is 1. The second-order valence-corrected chi connectivity index (χ2v) is 5.94. The van der Waals surface area contributed by atoms with Crippen molar-refractivity contribution in [1.29, 1.82) is 0 Å². The van der Waals surface area contributed by atoms with Crippen LogP contribution in [0.1, 0.15) is 30.5 Å². The van der Waals surface area contributed by atoms with Gasteiger partial charge in [0.15, 0.2) is 0 Å². The maximum absolute atomic E-state index is 12.6. The van der Waals surface area contributed by atoms with Crippen LogP contribution in [-0.2, 0) is 11.2 Å². The zero-order chi connectivity index (χ0) is 13.4. The third kappa shape index (κ3) is 2.16. The van der Waals surface area contributed by atoms with Crippen molar-refractivity contribution in [2.24, 2.45) is 11.8 Å². The first kappa shape index (κ1) is 12.7. The van der Waals surface area contributed by atoms with Gasteiger partial charge in [-0.05, 0) is 36.4 Å². The Labute approximate surface area is 115 Å². The van der Waals surface area contributed by atoms with Gasteiger partial charge in [-0.15, -0.1) is 0 Å². The highest BCUT2D eigenvalue weighted by Crippen LogP contribution is 2.36. The van der Waals surface area contributed by atoms with E-state index in [1.807, 2.05) is 11.9 Å². The van der Waals surface area contributed by atoms with Crippen LogP contribution in [-0.4, -0.2) is 30.9 Å². The summed E-state index contributed by atoms with van der Waals surface area (Å²) in [6.45, 7) is 3.96. The number of benzene rings is 1. The van der Waals surface area contributed by atoms with Crippen molar-refractivity contribution in [1.82, 2.24) is 10.2 Å². The topological polar surface area (TPSA) is 32.3 Å². The molecule has 19 heavy (non-hydrogen) atoms. The van der Waals surface area contributed by atoms with E-state index in [1.165, 1.54) is 11.1 Å². The van der Waals surface area contributed by atoms with Crippen molar-refractivity contribution in [3.63, 3.8) is 0 Å². The van der Waals surface area contributed by atoms with Gasteiger partial charge in [0.1, 0.15) is 0 Å². The van der Waals surface area contributed by atoms with Gasteiger partial charge in [-0.3, -0.25) is 4.79 Å². The monoisotopic (exact) mass is 258 g/mol. The molecule has 0 aromatic heterocycles. The van der Waals surface area contributed by atoms with Gasteiger partial charge in [0, 0.05) is 13.6 Å². The van der Waals surface area contributed by atoms with Gasteiger partial charge in [0.2, 0.25) is 5.91 Å². The van der Waals surface area contributed by atoms with E-state index in [0.717, 1.165) is 25.9 Å². The number of nitrogens with one attached hydrogen (secondary N) is 1. The third-order valence-corrected chi connectivity index (χ3v) is 4.75. The summed E-state index contributed by atoms with van der Waals surface area (Å²) in [4.78, 5) is 14.6. The summed E-state index contributed by atoms with van der Waals surface area (Å²) < 4.78 is 0. The summed E-state index contributed by atoms with van der Waals surface area (Å²) in [5, 5.41) is 3.32. The van der Waals surface area contributed by atoms with Gasteiger partial charge < -0.3 is 10.2 Å². The summed E-state index contributed by atoms with van der Waals surface area (Å²) in [5.41, 5.74) is 2.75. The molecule has 102 valence electrons. The Morgan fingerprint density at radius 2 is 2.11 bits per heavy atom. The second-order valence-electron chi connectivity index (χ2n) is 5.94. The van der Waals surface area contributed by atoms with Crippen molar-refractivity contribution in [3.05, 3.63) is 35.4 Å². The molecule has 1 saturated heterocycles. The molecular weight excluding hydrogens is 236 g/mol. The number of hydrogen-bond acceptors (Lipinski definition) is 2. The van der Waals surface area contributed by atoms with E-state index in [2.05, 4.69) is 36.5 Å². The third-order valence-electron chi connectivity index (χ3n) is 4.75. The smallest absolute Gasteiger partial charge is 0.227 e. The zero-order valence-electron chi connectivity index (χ0n) is 11.7. The van der Waals surface area contributed by atoms with Gasteiger partial charge in [0.25, 0.3) is 0 Å². The number of hydrogen-bond donors (Lipinski definition) is 1. The molecule has 3 unspecified atom stereocenters. The van der Waals surface area contributed by atoms with Crippen LogP contribution >= 0.6 is 0 Å². The minimum Gasteiger partial charge on any atom is -0.338 e. The lowest BCUT2D eigenvalue weighted by molar-refractivity contribution is -0.136. The Kier molecular flexibility index (Phi) is 3.31. The molecule has 1 amide bonds. The second kappa shape index (κ2) is 4.97. The van der Waals surface area contributed by atoms with E-state index in [9.17, 15) is 4.79 Å². The molecular formula is C16H22N2O. The normalized spacial score (nSPS) is 29.3. The molecule has 0 spiro atoms. The van der Waals surface area contributed by atoms with Crippen LogP contribution in [0.25, 0.3) is 0 Å². The summed E-state index contributed by atoms with van der Waals surface area (Å²) in [6, 6.07) is 8.80. The van der Waals surface area contributed by atoms with Gasteiger partial charge in [-0.2, -0.15) is 0 Å². The van der Waals surface area contributed by atoms with E-state index in [0.29, 0.717) is 11.8 Å². The van der Waals surface area contributed by atoms with E-state index < -0.39 is 0 Å². The van der Waals surface area contributed by atoms with Crippen molar-refractivity contribution in [2.45, 2.75) is 25.8 Å². The number of nitrogens with zero attached hydrogens (tertiary/aromatic N) is 1. The molecule has 1 fully saturated rings. The number of fused-ring (bicyclic) bond motifs is 1. The highest BCUT2D eigenvalue weighted by molar-refractivity contribution is 5.80. The zero-order valence-corrected chi connectivity index (χ0v) is 11.7. The van der Waals surface area contributed by atoms with Crippen molar-refractivity contribution in [3.8, 4) is 0 Å². The molecule has 1 aliphatic heterocycles. The van der Waals surface area contributed by atoms with Crippen molar-refractivity contribution < 1.29 is 4.79 Å². The maximum Gasteiger partial charge on any atom is 0.227 e. The first-order valence-corrected chi connectivity index (χ1v) is 7.23. The molecule has 3 heteroatoms. The lowest BCUT2D eigenvalue weighted by Gasteiger charge is -2.29. The summed E-state index contributed by atoms with van der Waals surface area (Å²) >= 11 is 0. The van der Waals surface area contributed by atoms with Crippen LogP contribution in [0.15, 0.2) is 24.3 Å². The number of amides is 1. The fourth-order valence-corrected chi connectivity index (χ4v) is 3.49. The van der Waals surface area contributed by atoms with E-state index in [4.69, 9.17) is 0 Å². The Morgan fingerprint density at radius 1 is 1.32 bits per heavy atom. The van der Waals surface area contributed by atoms with Crippen LogP contribution in [0.5, 0.6) is 0 Å². The molecule has 0 saturated carbocycles. The summed E-state index contributed by atoms with van der Waals surface area (Å²) in [5.74, 6) is 0.906. The fourth-order valence-electron chi connectivity index (χ4n) is 3.49. The quantitative estimate of drug-likeness (QED) is 0.880. The number of rotatable bonds is 2. The Hall–Kier alpha value is -1.35. The molecule has 1 aromatic carbocycles. The van der Waals surface area contributed by atoms with Crippen LogP contribution in [0.3, 0.4) is 0 Å². The standard InChI is InChI=1S/C16H22N2O/c1-11-9-17-10-14(11)16(19)18(2)15-8-7-12-5-3-4-6-13(12)15/h3-6,11,14-15,17H,7-10H2,1-2H3. The molecule has 1 aromatic rings. The summed E-state index contributed by atoms with van der Waals surface area (Å²) in [7, 11) is 1.97. The van der Waals surface area contributed by atoms with Crippen molar-refractivity contribution >= 4 is 5.91 Å². The number of carbonyl (C=O) groups excluding carboxylic acids is 1. The van der Waals surface area contributed by atoms with Crippen LogP contribution < -0.4 is 5.32 Å². The fraction of sp³-hybridized carbons (Fsp3) is 0.562. The van der Waals surface area contributed by atoms with Crippen LogP contribution in [0.4, 0.5) is 0 Å². The van der Waals surface area contributed by atoms with Gasteiger partial charge >= 0.3 is 0 Å². The average molecular weight is 258 g/mol. The van der Waals surface area contributed by atoms with Gasteiger partial charge in [0.05, 0.1) is 12.0 Å². The van der Waals surface area contributed by atoms with E-state index in [-0.39, 0.29) is 12.0 Å². The minimum atomic E-state index is 0.151. The lowest BCUT2D eigenvalue weighted by atomic mass is 9.95. The molecule has 3 rings (SSSR count). The minimum absolute atomic E-state index is 0.151. The molecule has 1 N–H and O–H groups in total. The molecule has 3 atom stereocenters. The predicted molar refractivity (Wildman–Crippen MR) is 75.8 cm³/mol. The van der Waals surface area contributed by atoms with E-state index >= 15 is 0 Å². The lowest BCUT2D eigenvalue weighted by Crippen LogP contribution is -2.38. The Balaban J connectivity index is 1.78. The summed E-state index contributed by atoms with van der Waals surface area (Å²) in [6.07, 6.45) is 2.16. The molecule has 0 radical (unpaired) electrons.